The second kappa shape index (κ2) is 29.3. The highest BCUT2D eigenvalue weighted by Crippen LogP contribution is 2.44. The van der Waals surface area contributed by atoms with Crippen molar-refractivity contribution in [2.45, 2.75) is 0 Å². The molecule has 6 aromatic heterocycles. The van der Waals surface area contributed by atoms with Gasteiger partial charge in [0.2, 0.25) is 0 Å². The average molecular weight is 1560 g/mol. The number of hydrogen-bond acceptors (Lipinski definition) is 4. The molecular weight excluding hydrogens is 1490 g/mol. The topological polar surface area (TPSA) is 71.3 Å². The molecule has 0 fully saturated rings. The molecule has 24 rings (SSSR count). The van der Waals surface area contributed by atoms with Gasteiger partial charge in [-0.05, 0) is 182 Å². The highest BCUT2D eigenvalue weighted by Gasteiger charge is 2.42. The van der Waals surface area contributed by atoms with E-state index in [4.69, 9.17) is 19.9 Å². The third kappa shape index (κ3) is 11.9. The number of hydrogen-bond donors (Lipinski definition) is 0. The Morgan fingerprint density at radius 2 is 0.405 bits per heavy atom. The van der Waals surface area contributed by atoms with Crippen LogP contribution in [0.15, 0.2) is 449 Å². The lowest BCUT2D eigenvalue weighted by Gasteiger charge is -2.34. The van der Waals surface area contributed by atoms with Crippen molar-refractivity contribution >= 4 is 138 Å². The van der Waals surface area contributed by atoms with Gasteiger partial charge in [-0.15, -0.1) is 0 Å². The van der Waals surface area contributed by atoms with E-state index >= 15 is 0 Å². The monoisotopic (exact) mass is 1560 g/mol. The third-order valence-corrected chi connectivity index (χ3v) is 29.1. The van der Waals surface area contributed by atoms with Gasteiger partial charge in [-0.2, -0.15) is 0 Å². The molecule has 0 atom stereocenters. The van der Waals surface area contributed by atoms with Gasteiger partial charge >= 0.3 is 0 Å². The van der Waals surface area contributed by atoms with E-state index in [1.54, 1.807) is 0 Å². The average Bonchev–Trinajstić information content (AvgIpc) is 1.42. The fourth-order valence-corrected chi connectivity index (χ4v) is 23.6. The minimum atomic E-state index is -2.87. The smallest absolute Gasteiger partial charge is 0.179 e. The summed E-state index contributed by atoms with van der Waals surface area (Å²) in [5, 5.41) is 14.9. The minimum Gasteiger partial charge on any atom is -0.309 e. The van der Waals surface area contributed by atoms with Crippen molar-refractivity contribution in [3.63, 3.8) is 0 Å². The first-order chi connectivity index (χ1) is 60.0. The highest BCUT2D eigenvalue weighted by molar-refractivity contribution is 7.20. The van der Waals surface area contributed by atoms with Gasteiger partial charge in [0.25, 0.3) is 0 Å². The second-order valence-electron chi connectivity index (χ2n) is 31.2. The van der Waals surface area contributed by atoms with Gasteiger partial charge in [0.15, 0.2) is 19.7 Å². The number of rotatable bonds is 13. The van der Waals surface area contributed by atoms with E-state index < -0.39 is 8.07 Å². The number of para-hydroxylation sites is 8. The zero-order valence-corrected chi connectivity index (χ0v) is 66.8. The molecule has 0 aliphatic rings. The number of aromatic nitrogens is 8. The summed E-state index contributed by atoms with van der Waals surface area (Å²) in [7, 11) is -2.87. The molecule has 0 radical (unpaired) electrons. The molecule has 0 aliphatic heterocycles. The van der Waals surface area contributed by atoms with Gasteiger partial charge in [-0.3, -0.25) is 9.13 Å². The predicted molar refractivity (Wildman–Crippen MR) is 507 cm³/mol. The fraction of sp³-hybridized carbons (Fsp3) is 0. The summed E-state index contributed by atoms with van der Waals surface area (Å²) in [6.07, 6.45) is 0. The standard InChI is InChI=1S/C62H42N4Si.C50H32N4/c1-6-20-43(21-7-1)61-62(64-56-32-18-17-31-55(56)63-61)66-59-38-35-45(44-34-37-58-52(40-44)51-30-16-19-33-57(51)65(58)46-22-8-2-9-23-46)41-53(59)54-42-50(36-39-60(54)66)67(47-24-10-3-11-25-47,48-26-12-4-13-27-48)49-28-14-5-15-29-49;1-4-14-33(15-5-1)35-24-28-47-41(30-35)42-32-37(36-25-27-46-40(31-36)39-20-10-13-23-45(39)53(46)38-18-8-3-9-19-38)26-29-48(42)54(47)50-49(34-16-6-2-7-17-34)51-43-21-11-12-22-44(43)52-50/h1-42H;1-32H. The van der Waals surface area contributed by atoms with E-state index in [0.29, 0.717) is 0 Å². The number of benzene rings is 18. The summed E-state index contributed by atoms with van der Waals surface area (Å²) in [5.41, 5.74) is 25.6. The molecule has 9 heteroatoms. The SMILES string of the molecule is c1ccc(-c2ccc3c(c2)c2cc(-c4ccc5c(c4)c4ccccc4n5-c4ccccc4)ccc2n3-c2nc3ccccc3nc2-c2ccccc2)cc1.c1ccc(-c2nc3ccccc3nc2-n2c3ccc(-c4ccc5c(c4)c4ccccc4n5-c4ccccc4)cc3c3cc([Si](c4ccccc4)(c4ccccc4)c4ccccc4)ccc32)cc1. The first kappa shape index (κ1) is 70.5. The van der Waals surface area contributed by atoms with E-state index in [1.807, 2.05) is 42.5 Å². The van der Waals surface area contributed by atoms with Crippen LogP contribution in [0.4, 0.5) is 0 Å². The molecule has 0 N–H and O–H groups in total. The Hall–Kier alpha value is -15.9. The van der Waals surface area contributed by atoms with Crippen LogP contribution in [-0.4, -0.2) is 46.3 Å². The van der Waals surface area contributed by atoms with E-state index in [9.17, 15) is 0 Å². The van der Waals surface area contributed by atoms with Crippen LogP contribution in [0.2, 0.25) is 0 Å². The van der Waals surface area contributed by atoms with Crippen LogP contribution in [0.1, 0.15) is 0 Å². The maximum absolute atomic E-state index is 5.49. The molecule has 0 spiro atoms. The highest BCUT2D eigenvalue weighted by atomic mass is 28.3. The molecule has 24 aromatic rings. The Bertz CT molecular complexity index is 8010. The van der Waals surface area contributed by atoms with Crippen LogP contribution in [0.25, 0.3) is 188 Å². The molecule has 0 unspecified atom stereocenters. The zero-order chi connectivity index (χ0) is 79.9. The van der Waals surface area contributed by atoms with Crippen LogP contribution in [0.5, 0.6) is 0 Å². The summed E-state index contributed by atoms with van der Waals surface area (Å²) < 4.78 is 9.41. The van der Waals surface area contributed by atoms with E-state index in [-0.39, 0.29) is 0 Å². The van der Waals surface area contributed by atoms with Crippen molar-refractivity contribution in [2.75, 3.05) is 0 Å². The van der Waals surface area contributed by atoms with Gasteiger partial charge in [0.1, 0.15) is 11.4 Å². The molecule has 0 saturated heterocycles. The van der Waals surface area contributed by atoms with Crippen LogP contribution in [-0.2, 0) is 0 Å². The molecule has 8 nitrogen and oxygen atoms in total. The summed E-state index contributed by atoms with van der Waals surface area (Å²) in [6.45, 7) is 0. The Labute approximate surface area is 699 Å². The molecule has 6 heterocycles. The van der Waals surface area contributed by atoms with Crippen LogP contribution in [0, 0.1) is 0 Å². The molecule has 0 saturated carbocycles. The van der Waals surface area contributed by atoms with Gasteiger partial charge in [0.05, 0.1) is 66.2 Å². The lowest BCUT2D eigenvalue weighted by Crippen LogP contribution is -2.74. The summed E-state index contributed by atoms with van der Waals surface area (Å²) in [5.74, 6) is 1.62. The summed E-state index contributed by atoms with van der Waals surface area (Å²) in [4.78, 5) is 21.4. The van der Waals surface area contributed by atoms with Crippen molar-refractivity contribution < 1.29 is 0 Å². The van der Waals surface area contributed by atoms with E-state index in [0.717, 1.165) is 106 Å². The lowest BCUT2D eigenvalue weighted by atomic mass is 9.99. The van der Waals surface area contributed by atoms with Gasteiger partial charge in [-0.25, -0.2) is 19.9 Å². The molecule has 18 aromatic carbocycles. The number of nitrogens with zero attached hydrogens (tertiary/aromatic N) is 8. The lowest BCUT2D eigenvalue weighted by molar-refractivity contribution is 1.08. The Kier molecular flexibility index (Phi) is 17.1. The van der Waals surface area contributed by atoms with E-state index in [2.05, 4.69) is 425 Å². The molecule has 566 valence electrons. The predicted octanol–water partition coefficient (Wildman–Crippen LogP) is 25.4. The maximum atomic E-state index is 5.49. The Balaban J connectivity index is 0.000000144. The van der Waals surface area contributed by atoms with Crippen LogP contribution in [0.3, 0.4) is 0 Å². The summed E-state index contributed by atoms with van der Waals surface area (Å²) in [6, 6.07) is 162. The maximum Gasteiger partial charge on any atom is 0.179 e. The summed E-state index contributed by atoms with van der Waals surface area (Å²) >= 11 is 0. The molecule has 121 heavy (non-hydrogen) atoms. The minimum absolute atomic E-state index is 0.804. The van der Waals surface area contributed by atoms with Crippen molar-refractivity contribution in [1.82, 2.24) is 38.2 Å². The van der Waals surface area contributed by atoms with Crippen molar-refractivity contribution in [3.8, 4) is 78.9 Å². The third-order valence-electron chi connectivity index (χ3n) is 24.4. The van der Waals surface area contributed by atoms with Crippen LogP contribution >= 0.6 is 0 Å². The second-order valence-corrected chi connectivity index (χ2v) is 35.0. The van der Waals surface area contributed by atoms with Crippen molar-refractivity contribution in [1.29, 1.82) is 0 Å². The first-order valence-corrected chi connectivity index (χ1v) is 43.2. The van der Waals surface area contributed by atoms with Gasteiger partial charge < -0.3 is 9.13 Å². The van der Waals surface area contributed by atoms with Crippen molar-refractivity contribution in [2.24, 2.45) is 0 Å². The Morgan fingerprint density at radius 1 is 0.157 bits per heavy atom. The first-order valence-electron chi connectivity index (χ1n) is 41.2. The van der Waals surface area contributed by atoms with E-state index in [1.165, 1.54) is 103 Å². The molecule has 0 amide bonds. The normalized spacial score (nSPS) is 11.8. The van der Waals surface area contributed by atoms with Crippen LogP contribution < -0.4 is 20.7 Å². The van der Waals surface area contributed by atoms with Gasteiger partial charge in [-0.1, -0.05) is 322 Å². The number of fused-ring (bicyclic) bond motifs is 14. The zero-order valence-electron chi connectivity index (χ0n) is 65.8. The molecule has 0 aliphatic carbocycles. The van der Waals surface area contributed by atoms with Gasteiger partial charge in [0, 0.05) is 65.6 Å². The Morgan fingerprint density at radius 3 is 0.760 bits per heavy atom. The largest absolute Gasteiger partial charge is 0.309 e. The van der Waals surface area contributed by atoms with Crippen molar-refractivity contribution in [3.05, 3.63) is 449 Å². The quantitative estimate of drug-likeness (QED) is 0.0852. The molecule has 0 bridgehead atoms. The fourth-order valence-electron chi connectivity index (χ4n) is 18.9. The molecular formula is C112H74N8Si.